The normalized spacial score (nSPS) is 17.3. The number of ether oxygens (including phenoxy) is 1. The highest BCUT2D eigenvalue weighted by molar-refractivity contribution is 6.04. The molecule has 1 saturated heterocycles. The summed E-state index contributed by atoms with van der Waals surface area (Å²) < 4.78 is 46.9. The molecule has 2 aromatic rings. The van der Waals surface area contributed by atoms with Gasteiger partial charge in [0, 0.05) is 37.1 Å². The van der Waals surface area contributed by atoms with Gasteiger partial charge in [-0.3, -0.25) is 14.3 Å². The number of hydrogen-bond donors (Lipinski definition) is 1. The summed E-state index contributed by atoms with van der Waals surface area (Å²) in [5.41, 5.74) is -1.22. The van der Waals surface area contributed by atoms with Crippen LogP contribution >= 0.6 is 0 Å². The Morgan fingerprint density at radius 2 is 2.07 bits per heavy atom. The largest absolute Gasteiger partial charge is 0.416 e. The topological polar surface area (TPSA) is 76.5 Å². The summed E-state index contributed by atoms with van der Waals surface area (Å²) in [7, 11) is 0. The Balaban J connectivity index is 1.89. The van der Waals surface area contributed by atoms with Gasteiger partial charge in [0.15, 0.2) is 5.69 Å². The van der Waals surface area contributed by atoms with E-state index < -0.39 is 23.6 Å². The number of nitrogens with one attached hydrogen (secondary N) is 1. The van der Waals surface area contributed by atoms with E-state index in [9.17, 15) is 22.8 Å². The van der Waals surface area contributed by atoms with Crippen molar-refractivity contribution in [2.24, 2.45) is 0 Å². The Bertz CT molecular complexity index is 910. The Kier molecular flexibility index (Phi) is 5.92. The molecule has 0 bridgehead atoms. The number of aryl methyl sites for hydroxylation is 1. The van der Waals surface area contributed by atoms with E-state index in [2.05, 4.69) is 10.4 Å². The molecule has 3 rings (SSSR count). The number of halogens is 3. The minimum Gasteiger partial charge on any atom is -0.375 e. The standard InChI is InChI=1S/C19H21F3N4O3/c1-3-26-5-4-16(24-26)17(27)23-15-9-13(8-14(10-15)19(20,21)22)18(28)25-6-7-29-12(2)11-25/h4-5,8-10,12H,3,6-7,11H2,1-2H3,(H,23,27). The number of anilines is 1. The van der Waals surface area contributed by atoms with Gasteiger partial charge in [-0.1, -0.05) is 0 Å². The lowest BCUT2D eigenvalue weighted by Gasteiger charge is -2.31. The van der Waals surface area contributed by atoms with Crippen molar-refractivity contribution in [3.63, 3.8) is 0 Å². The monoisotopic (exact) mass is 410 g/mol. The van der Waals surface area contributed by atoms with E-state index in [4.69, 9.17) is 4.74 Å². The van der Waals surface area contributed by atoms with Crippen LogP contribution in [0.25, 0.3) is 0 Å². The first-order chi connectivity index (χ1) is 13.7. The van der Waals surface area contributed by atoms with Crippen molar-refractivity contribution >= 4 is 17.5 Å². The second kappa shape index (κ2) is 8.24. The smallest absolute Gasteiger partial charge is 0.375 e. The number of benzene rings is 1. The third kappa shape index (κ3) is 4.94. The molecular formula is C19H21F3N4O3. The summed E-state index contributed by atoms with van der Waals surface area (Å²) >= 11 is 0. The summed E-state index contributed by atoms with van der Waals surface area (Å²) in [6.07, 6.45) is -3.28. The molecule has 1 fully saturated rings. The average Bonchev–Trinajstić information content (AvgIpc) is 3.16. The highest BCUT2D eigenvalue weighted by atomic mass is 19.4. The number of alkyl halides is 3. The van der Waals surface area contributed by atoms with Gasteiger partial charge in [-0.15, -0.1) is 0 Å². The van der Waals surface area contributed by atoms with Crippen LogP contribution in [0.4, 0.5) is 18.9 Å². The highest BCUT2D eigenvalue weighted by Crippen LogP contribution is 2.32. The summed E-state index contributed by atoms with van der Waals surface area (Å²) in [5.74, 6) is -1.20. The molecule has 0 aliphatic carbocycles. The second-order valence-corrected chi connectivity index (χ2v) is 6.74. The molecule has 2 amide bonds. The predicted octanol–water partition coefficient (Wildman–Crippen LogP) is 3.04. The number of carbonyl (C=O) groups is 2. The van der Waals surface area contributed by atoms with Gasteiger partial charge >= 0.3 is 6.18 Å². The first-order valence-electron chi connectivity index (χ1n) is 9.15. The molecule has 1 aliphatic rings. The quantitative estimate of drug-likeness (QED) is 0.841. The second-order valence-electron chi connectivity index (χ2n) is 6.74. The maximum Gasteiger partial charge on any atom is 0.416 e. The van der Waals surface area contributed by atoms with Crippen molar-refractivity contribution in [2.75, 3.05) is 25.0 Å². The van der Waals surface area contributed by atoms with Crippen molar-refractivity contribution in [3.8, 4) is 0 Å². The van der Waals surface area contributed by atoms with E-state index in [-0.39, 0.29) is 36.1 Å². The number of morpholine rings is 1. The van der Waals surface area contributed by atoms with E-state index in [1.807, 2.05) is 6.92 Å². The zero-order chi connectivity index (χ0) is 21.2. The number of rotatable bonds is 4. The van der Waals surface area contributed by atoms with Gasteiger partial charge < -0.3 is 15.0 Å². The zero-order valence-electron chi connectivity index (χ0n) is 16.0. The minimum atomic E-state index is -4.67. The summed E-state index contributed by atoms with van der Waals surface area (Å²) in [6, 6.07) is 4.30. The number of nitrogens with zero attached hydrogens (tertiary/aromatic N) is 3. The maximum absolute atomic E-state index is 13.4. The van der Waals surface area contributed by atoms with Crippen molar-refractivity contribution in [1.29, 1.82) is 0 Å². The molecule has 0 spiro atoms. The zero-order valence-corrected chi connectivity index (χ0v) is 16.0. The van der Waals surface area contributed by atoms with E-state index in [1.54, 1.807) is 13.1 Å². The van der Waals surface area contributed by atoms with Crippen molar-refractivity contribution < 1.29 is 27.5 Å². The van der Waals surface area contributed by atoms with Crippen molar-refractivity contribution in [2.45, 2.75) is 32.7 Å². The fourth-order valence-electron chi connectivity index (χ4n) is 3.03. The summed E-state index contributed by atoms with van der Waals surface area (Å²) in [4.78, 5) is 26.5. The van der Waals surface area contributed by atoms with E-state index >= 15 is 0 Å². The van der Waals surface area contributed by atoms with E-state index in [0.29, 0.717) is 13.2 Å². The van der Waals surface area contributed by atoms with Gasteiger partial charge in [0.25, 0.3) is 11.8 Å². The van der Waals surface area contributed by atoms with Crippen LogP contribution in [0.3, 0.4) is 0 Å². The summed E-state index contributed by atoms with van der Waals surface area (Å²) in [5, 5.41) is 6.43. The van der Waals surface area contributed by atoms with Crippen LogP contribution in [0.15, 0.2) is 30.5 Å². The van der Waals surface area contributed by atoms with Gasteiger partial charge in [-0.05, 0) is 38.1 Å². The maximum atomic E-state index is 13.4. The number of hydrogen-bond acceptors (Lipinski definition) is 4. The fourth-order valence-corrected chi connectivity index (χ4v) is 3.03. The fraction of sp³-hybridized carbons (Fsp3) is 0.421. The van der Waals surface area contributed by atoms with Crippen molar-refractivity contribution in [1.82, 2.24) is 14.7 Å². The van der Waals surface area contributed by atoms with Crippen LogP contribution in [-0.4, -0.2) is 52.3 Å². The number of aromatic nitrogens is 2. The summed E-state index contributed by atoms with van der Waals surface area (Å²) in [6.45, 7) is 5.06. The van der Waals surface area contributed by atoms with E-state index in [0.717, 1.165) is 12.1 Å². The van der Waals surface area contributed by atoms with Gasteiger partial charge in [0.2, 0.25) is 0 Å². The van der Waals surface area contributed by atoms with Crippen molar-refractivity contribution in [3.05, 3.63) is 47.3 Å². The number of amides is 2. The molecule has 1 atom stereocenters. The first kappa shape index (κ1) is 20.8. The van der Waals surface area contributed by atoms with Crippen LogP contribution in [0.2, 0.25) is 0 Å². The molecule has 0 radical (unpaired) electrons. The van der Waals surface area contributed by atoms with E-state index in [1.165, 1.54) is 21.7 Å². The lowest BCUT2D eigenvalue weighted by molar-refractivity contribution is -0.137. The molecule has 2 heterocycles. The third-order valence-corrected chi connectivity index (χ3v) is 4.49. The van der Waals surface area contributed by atoms with Crippen LogP contribution in [0.5, 0.6) is 0 Å². The molecule has 10 heteroatoms. The molecular weight excluding hydrogens is 389 g/mol. The minimum absolute atomic E-state index is 0.0687. The Morgan fingerprint density at radius 3 is 2.69 bits per heavy atom. The van der Waals surface area contributed by atoms with Crippen LogP contribution in [0.1, 0.15) is 40.3 Å². The van der Waals surface area contributed by atoms with Crippen LogP contribution in [-0.2, 0) is 17.5 Å². The lowest BCUT2D eigenvalue weighted by atomic mass is 10.1. The van der Waals surface area contributed by atoms with Gasteiger partial charge in [0.05, 0.1) is 18.3 Å². The van der Waals surface area contributed by atoms with Gasteiger partial charge in [-0.2, -0.15) is 18.3 Å². The molecule has 7 nitrogen and oxygen atoms in total. The molecule has 1 aromatic carbocycles. The molecule has 1 aromatic heterocycles. The molecule has 1 unspecified atom stereocenters. The highest BCUT2D eigenvalue weighted by Gasteiger charge is 2.33. The molecule has 1 N–H and O–H groups in total. The average molecular weight is 410 g/mol. The van der Waals surface area contributed by atoms with Gasteiger partial charge in [-0.25, -0.2) is 0 Å². The molecule has 0 saturated carbocycles. The molecule has 29 heavy (non-hydrogen) atoms. The molecule has 156 valence electrons. The van der Waals surface area contributed by atoms with Gasteiger partial charge in [0.1, 0.15) is 0 Å². The Morgan fingerprint density at radius 1 is 1.31 bits per heavy atom. The predicted molar refractivity (Wildman–Crippen MR) is 98.6 cm³/mol. The Labute approximate surface area is 165 Å². The van der Waals surface area contributed by atoms with Crippen LogP contribution < -0.4 is 5.32 Å². The lowest BCUT2D eigenvalue weighted by Crippen LogP contribution is -2.44. The first-order valence-corrected chi connectivity index (χ1v) is 9.15. The SMILES string of the molecule is CCn1ccc(C(=O)Nc2cc(C(=O)N3CCOC(C)C3)cc(C(F)(F)F)c2)n1. The molecule has 1 aliphatic heterocycles. The van der Waals surface area contributed by atoms with Crippen LogP contribution in [0, 0.1) is 0 Å². The third-order valence-electron chi connectivity index (χ3n) is 4.49. The Hall–Kier alpha value is -2.88. The number of carbonyl (C=O) groups excluding carboxylic acids is 2.